The molecule has 18 aliphatic rings. The quantitative estimate of drug-likeness (QED) is 0.173. The third-order valence-corrected chi connectivity index (χ3v) is 37.8. The Morgan fingerprint density at radius 1 is 0.372 bits per heavy atom. The van der Waals surface area contributed by atoms with Crippen molar-refractivity contribution < 1.29 is 53.0 Å². The van der Waals surface area contributed by atoms with Crippen molar-refractivity contribution in [3.05, 3.63) is 187 Å². The predicted octanol–water partition coefficient (Wildman–Crippen LogP) is 23.1. The molecule has 2 N–H and O–H groups in total. The summed E-state index contributed by atoms with van der Waals surface area (Å²) in [6, 6.07) is 33.4. The number of carbonyl (C=O) groups is 3. The van der Waals surface area contributed by atoms with Crippen LogP contribution in [0.5, 0.6) is 5.75 Å². The third-order valence-electron chi connectivity index (χ3n) is 37.8. The molecule has 11 heteroatoms. The maximum absolute atomic E-state index is 13.4. The molecule has 15 aliphatic carbocycles. The van der Waals surface area contributed by atoms with E-state index in [1.807, 2.05) is 12.1 Å². The molecule has 0 spiro atoms. The third kappa shape index (κ3) is 14.1. The second-order valence-electron chi connectivity index (χ2n) is 44.0. The van der Waals surface area contributed by atoms with E-state index in [0.29, 0.717) is 132 Å². The number of hydrogen-bond donors (Lipinski definition) is 2. The van der Waals surface area contributed by atoms with E-state index in [0.717, 1.165) is 102 Å². The minimum absolute atomic E-state index is 0.0134. The highest BCUT2D eigenvalue weighted by molar-refractivity contribution is 5.89. The molecule has 5 aromatic rings. The number of rotatable bonds is 5. The summed E-state index contributed by atoms with van der Waals surface area (Å²) in [5.74, 6) is 8.97. The Morgan fingerprint density at radius 2 is 0.727 bits per heavy atom. The highest BCUT2D eigenvalue weighted by atomic mass is 16.7. The van der Waals surface area contributed by atoms with Crippen molar-refractivity contribution in [3.63, 3.8) is 0 Å². The van der Waals surface area contributed by atoms with Crippen molar-refractivity contribution >= 4 is 34.1 Å². The van der Waals surface area contributed by atoms with Gasteiger partial charge in [0.05, 0.1) is 45.7 Å². The Morgan fingerprint density at radius 3 is 1.20 bits per heavy atom. The Hall–Kier alpha value is -6.15. The summed E-state index contributed by atoms with van der Waals surface area (Å²) in [5.41, 5.74) is 25.3. The van der Waals surface area contributed by atoms with E-state index in [1.54, 1.807) is 30.6 Å². The van der Waals surface area contributed by atoms with Crippen molar-refractivity contribution in [3.8, 4) is 5.75 Å². The van der Waals surface area contributed by atoms with Gasteiger partial charge < -0.3 is 38.6 Å². The van der Waals surface area contributed by atoms with Crippen molar-refractivity contribution in [2.24, 2.45) is 116 Å². The van der Waals surface area contributed by atoms with Crippen LogP contribution >= 0.6 is 0 Å². The number of benzene rings is 5. The van der Waals surface area contributed by atoms with Gasteiger partial charge in [0.25, 0.3) is 0 Å². The number of phenols is 1. The summed E-state index contributed by atoms with van der Waals surface area (Å²) in [6.45, 7) is 35.0. The van der Waals surface area contributed by atoms with Gasteiger partial charge in [-0.1, -0.05) is 154 Å². The van der Waals surface area contributed by atoms with Gasteiger partial charge in [-0.3, -0.25) is 14.4 Å². The molecule has 0 bridgehead atoms. The maximum Gasteiger partial charge on any atom is 0.169 e. The van der Waals surface area contributed by atoms with Gasteiger partial charge in [0.1, 0.15) is 23.1 Å². The van der Waals surface area contributed by atoms with E-state index in [-0.39, 0.29) is 51.3 Å². The first-order valence-electron chi connectivity index (χ1n) is 48.2. The monoisotopic (exact) mass is 1640 g/mol. The van der Waals surface area contributed by atoms with Gasteiger partial charge in [0.2, 0.25) is 0 Å². The predicted molar refractivity (Wildman–Crippen MR) is 479 cm³/mol. The smallest absolute Gasteiger partial charge is 0.169 e. The Kier molecular flexibility index (Phi) is 22.1. The number of hydrogen-bond acceptors (Lipinski definition) is 11. The summed E-state index contributed by atoms with van der Waals surface area (Å²) in [5, 5.41) is 21.0. The first kappa shape index (κ1) is 84.3. The second-order valence-corrected chi connectivity index (χ2v) is 44.0. The van der Waals surface area contributed by atoms with Gasteiger partial charge in [-0.25, -0.2) is 0 Å². The number of Topliss-reactive ketones (excluding diaryl/α,β-unsaturated/α-hetero) is 3. The van der Waals surface area contributed by atoms with Gasteiger partial charge in [-0.05, 0) is 387 Å². The zero-order chi connectivity index (χ0) is 84.4. The van der Waals surface area contributed by atoms with Crippen LogP contribution in [0, 0.1) is 144 Å². The van der Waals surface area contributed by atoms with Crippen molar-refractivity contribution in [2.75, 3.05) is 39.6 Å². The molecule has 3 aliphatic heterocycles. The minimum atomic E-state index is -0.500. The van der Waals surface area contributed by atoms with Crippen LogP contribution in [0.3, 0.4) is 0 Å². The first-order chi connectivity index (χ1) is 57.9. The number of phenolic OH excluding ortho intramolecular Hbond substituents is 1. The van der Waals surface area contributed by atoms with E-state index in [9.17, 15) is 24.6 Å². The van der Waals surface area contributed by atoms with Crippen LogP contribution in [0.15, 0.2) is 109 Å². The lowest BCUT2D eigenvalue weighted by Gasteiger charge is -2.54. The van der Waals surface area contributed by atoms with E-state index < -0.39 is 11.6 Å². The molecule has 0 radical (unpaired) electrons. The lowest BCUT2D eigenvalue weighted by Crippen LogP contribution is -2.53. The van der Waals surface area contributed by atoms with Crippen molar-refractivity contribution in [1.82, 2.24) is 0 Å². The molecule has 3 heterocycles. The fraction of sp³-hybridized carbons (Fsp3) is 0.645. The fourth-order valence-corrected chi connectivity index (χ4v) is 32.6. The number of allylic oxidation sites excluding steroid dienone is 6. The Bertz CT molecular complexity index is 4820. The van der Waals surface area contributed by atoms with Crippen LogP contribution in [-0.4, -0.2) is 90.7 Å². The van der Waals surface area contributed by atoms with Crippen LogP contribution in [0.25, 0.3) is 16.7 Å². The molecule has 11 nitrogen and oxygen atoms in total. The molecule has 17 unspecified atom stereocenters. The van der Waals surface area contributed by atoms with E-state index in [4.69, 9.17) is 28.4 Å². The van der Waals surface area contributed by atoms with Gasteiger partial charge >= 0.3 is 0 Å². The SMILES string of the molecule is CC(=O)C1CCC2C3CCc4cc(C)ccc4C3=CC[C@]12C.CC(=O)C1CCC2C3CCc4cc(O)ccc4C3=CC[C@]12C.Cc1ccc2c(c1)CCC1C2=CC[C@@]2(C)C1CCC2C1(C)OCCO1.Cc1ccc2c(c1)CCC1C2C(=O)C[C@@]2(C)C1CCC2C1(C)OCCO1.Cc1ccc2c(c1)CCC1C2[C@H](O)C[C@@]2(C)C1CCC2C1(C)OCCO1. The lowest BCUT2D eigenvalue weighted by atomic mass is 9.52. The molecule has 3 saturated heterocycles. The fourth-order valence-electron chi connectivity index (χ4n) is 32.6. The largest absolute Gasteiger partial charge is 0.508 e. The Balaban J connectivity index is 0.0000001000. The number of aromatic hydroxyl groups is 1. The molecular formula is C110H142O11. The molecule has 23 rings (SSSR count). The highest BCUT2D eigenvalue weighted by Crippen LogP contribution is 2.70. The normalized spacial score (nSPS) is 39.3. The van der Waals surface area contributed by atoms with Gasteiger partial charge in [-0.15, -0.1) is 0 Å². The lowest BCUT2D eigenvalue weighted by molar-refractivity contribution is -0.217. The number of ether oxygens (including phenoxy) is 6. The van der Waals surface area contributed by atoms with Crippen LogP contribution in [-0.2, 0) is 74.9 Å². The molecular weight excluding hydrogens is 1500 g/mol. The minimum Gasteiger partial charge on any atom is -0.508 e. The number of aryl methyl sites for hydroxylation is 9. The number of aliphatic hydroxyl groups is 1. The van der Waals surface area contributed by atoms with Crippen molar-refractivity contribution in [1.29, 1.82) is 0 Å². The summed E-state index contributed by atoms with van der Waals surface area (Å²) in [7, 11) is 0. The first-order valence-corrected chi connectivity index (χ1v) is 48.2. The number of aliphatic hydroxyl groups excluding tert-OH is 1. The maximum atomic E-state index is 13.4. The van der Waals surface area contributed by atoms with Crippen LogP contribution in [0.4, 0.5) is 0 Å². The average Bonchev–Trinajstić information content (AvgIpc) is 1.59. The van der Waals surface area contributed by atoms with Crippen molar-refractivity contribution in [2.45, 2.75) is 293 Å². The van der Waals surface area contributed by atoms with Crippen LogP contribution in [0.1, 0.15) is 287 Å². The molecule has 7 saturated carbocycles. The number of fused-ring (bicyclic) bond motifs is 25. The summed E-state index contributed by atoms with van der Waals surface area (Å²) in [4.78, 5) is 37.5. The van der Waals surface area contributed by atoms with Gasteiger partial charge in [0.15, 0.2) is 17.4 Å². The second kappa shape index (κ2) is 31.7. The summed E-state index contributed by atoms with van der Waals surface area (Å²) >= 11 is 0. The topological polar surface area (TPSA) is 147 Å². The molecule has 648 valence electrons. The molecule has 0 aromatic heterocycles. The number of ketones is 3. The van der Waals surface area contributed by atoms with Crippen LogP contribution in [0.2, 0.25) is 0 Å². The highest BCUT2D eigenvalue weighted by Gasteiger charge is 2.66. The van der Waals surface area contributed by atoms with Crippen LogP contribution < -0.4 is 0 Å². The molecule has 5 aromatic carbocycles. The van der Waals surface area contributed by atoms with Gasteiger partial charge in [-0.2, -0.15) is 0 Å². The molecule has 0 amide bonds. The summed E-state index contributed by atoms with van der Waals surface area (Å²) < 4.78 is 36.4. The van der Waals surface area contributed by atoms with E-state index in [1.165, 1.54) is 155 Å². The average molecular weight is 1640 g/mol. The van der Waals surface area contributed by atoms with E-state index >= 15 is 0 Å². The van der Waals surface area contributed by atoms with E-state index in [2.05, 4.69) is 180 Å². The Labute approximate surface area is 723 Å². The van der Waals surface area contributed by atoms with Gasteiger partial charge in [0, 0.05) is 47.8 Å². The zero-order valence-electron chi connectivity index (χ0n) is 75.8. The zero-order valence-corrected chi connectivity index (χ0v) is 75.8. The standard InChI is InChI=1S/C23H32O3.C23H30O3.C23H30O2.C21H26O.C20H24O2/c2*1-14-4-6-16-15(12-14)5-7-17-18-8-9-20(23(3)25-10-11-26-23)22(18,2)13-19(24)21(16)17;1-15-4-6-17-16(14-15)5-7-19-18(17)10-11-22(2)20(19)8-9-21(22)23(3)24-12-13-25-23;1-13-4-6-16-15(12-13)5-7-18-17(16)10-11-21(3)19(14(2)22)8-9-20(18)21;1-12(21)18-7-8-19-17-5-3-13-11-14(22)4-6-15(13)16(17)9-10-20(18,19)2/h4,6,12,17-21,24H,5,7-11,13H2,1-3H3;4,6,12,17-18,20-21H,5,7-11,13H2,1-3H3;4,6,10,14,19-21H,5,7-9,11-13H2,1-3H3;4,6,10,12,18-20H,5,7-9,11H2,1-3H3;4,6,9,11,17-19,22H,3,5,7-8,10H2,1-2H3/t17?,18?,19-,20?,21?,22+;17?,18?,20?,21?,22-;19?,20?,21?,22-;18?,19?,20?,21-;17?,18?,19?,20-/m10011/s1. The number of carbonyl (C=O) groups excluding carboxylic acids is 3. The molecule has 121 heavy (non-hydrogen) atoms. The summed E-state index contributed by atoms with van der Waals surface area (Å²) in [6.07, 6.45) is 35.8. The molecule has 10 fully saturated rings. The molecule has 23 atom stereocenters.